The van der Waals surface area contributed by atoms with Crippen LogP contribution in [0.15, 0.2) is 36.7 Å². The molecule has 0 bridgehead atoms. The van der Waals surface area contributed by atoms with Crippen molar-refractivity contribution in [3.05, 3.63) is 53.6 Å². The van der Waals surface area contributed by atoms with Crippen LogP contribution in [0.25, 0.3) is 0 Å². The van der Waals surface area contributed by atoms with Crippen LogP contribution in [0.1, 0.15) is 36.3 Å². The molecule has 1 unspecified atom stereocenters. The second-order valence-electron chi connectivity index (χ2n) is 4.65. The van der Waals surface area contributed by atoms with Gasteiger partial charge in [0.25, 0.3) is 0 Å². The predicted molar refractivity (Wildman–Crippen MR) is 77.8 cm³/mol. The largest absolute Gasteiger partial charge is 0.347 e. The first kappa shape index (κ1) is 14.3. The Morgan fingerprint density at radius 1 is 1.40 bits per heavy atom. The maximum atomic E-state index is 12.2. The summed E-state index contributed by atoms with van der Waals surface area (Å²) in [5.74, 6) is 0.766. The summed E-state index contributed by atoms with van der Waals surface area (Å²) in [6, 6.07) is 7.66. The summed E-state index contributed by atoms with van der Waals surface area (Å²) in [5.41, 5.74) is 7.67. The van der Waals surface area contributed by atoms with Crippen molar-refractivity contribution in [2.24, 2.45) is 5.73 Å². The molecule has 5 heteroatoms. The number of rotatable bonds is 6. The van der Waals surface area contributed by atoms with E-state index in [1.807, 2.05) is 31.2 Å². The van der Waals surface area contributed by atoms with E-state index < -0.39 is 0 Å². The number of hydrogen-bond acceptors (Lipinski definition) is 3. The summed E-state index contributed by atoms with van der Waals surface area (Å²) >= 11 is 0. The highest BCUT2D eigenvalue weighted by molar-refractivity contribution is 5.79. The summed E-state index contributed by atoms with van der Waals surface area (Å²) in [6.45, 7) is 2.46. The number of nitrogens with one attached hydrogen (secondary N) is 2. The summed E-state index contributed by atoms with van der Waals surface area (Å²) in [5, 5.41) is 3.00. The molecule has 20 heavy (non-hydrogen) atoms. The minimum atomic E-state index is -0.0810. The lowest BCUT2D eigenvalue weighted by Gasteiger charge is -2.15. The zero-order valence-corrected chi connectivity index (χ0v) is 11.6. The van der Waals surface area contributed by atoms with Gasteiger partial charge in [-0.1, -0.05) is 31.2 Å². The molecule has 0 radical (unpaired) electrons. The molecular formula is C15H20N4O. The maximum Gasteiger partial charge on any atom is 0.225 e. The molecule has 4 N–H and O–H groups in total. The first-order valence-electron chi connectivity index (χ1n) is 6.80. The third-order valence-electron chi connectivity index (χ3n) is 3.28. The Kier molecular flexibility index (Phi) is 4.90. The van der Waals surface area contributed by atoms with E-state index in [9.17, 15) is 4.79 Å². The van der Waals surface area contributed by atoms with Crippen LogP contribution in [0.2, 0.25) is 0 Å². The number of aromatic nitrogens is 2. The molecule has 0 spiro atoms. The number of nitrogens with two attached hydrogens (primary N) is 1. The van der Waals surface area contributed by atoms with E-state index in [4.69, 9.17) is 5.73 Å². The van der Waals surface area contributed by atoms with Crippen LogP contribution in [0.3, 0.4) is 0 Å². The van der Waals surface area contributed by atoms with Gasteiger partial charge in [-0.25, -0.2) is 4.98 Å². The second-order valence-corrected chi connectivity index (χ2v) is 4.65. The molecule has 0 aliphatic rings. The highest BCUT2D eigenvalue weighted by Gasteiger charge is 2.15. The number of hydrogen-bond donors (Lipinski definition) is 3. The standard InChI is InChI=1S/C15H20N4O/c1-2-13(15-17-7-8-18-15)19-14(20)9-11-5-3-4-6-12(11)10-16/h3-8,13H,2,9-10,16H2,1H3,(H,17,18)(H,19,20). The first-order valence-corrected chi connectivity index (χ1v) is 6.80. The van der Waals surface area contributed by atoms with Gasteiger partial charge in [-0.05, 0) is 17.5 Å². The van der Waals surface area contributed by atoms with Crippen molar-refractivity contribution in [1.29, 1.82) is 0 Å². The lowest BCUT2D eigenvalue weighted by atomic mass is 10.0. The molecule has 106 valence electrons. The molecule has 5 nitrogen and oxygen atoms in total. The van der Waals surface area contributed by atoms with Gasteiger partial charge in [-0.15, -0.1) is 0 Å². The highest BCUT2D eigenvalue weighted by Crippen LogP contribution is 2.13. The molecule has 0 aliphatic heterocycles. The van der Waals surface area contributed by atoms with Crippen molar-refractivity contribution >= 4 is 5.91 Å². The van der Waals surface area contributed by atoms with Gasteiger partial charge < -0.3 is 16.0 Å². The van der Waals surface area contributed by atoms with Crippen LogP contribution in [-0.2, 0) is 17.8 Å². The molecule has 1 amide bonds. The average molecular weight is 272 g/mol. The van der Waals surface area contributed by atoms with Gasteiger partial charge in [0.05, 0.1) is 12.5 Å². The topological polar surface area (TPSA) is 83.8 Å². The van der Waals surface area contributed by atoms with Crippen LogP contribution in [0, 0.1) is 0 Å². The van der Waals surface area contributed by atoms with Crippen LogP contribution >= 0.6 is 0 Å². The van der Waals surface area contributed by atoms with E-state index >= 15 is 0 Å². The predicted octanol–water partition coefficient (Wildman–Crippen LogP) is 1.68. The zero-order valence-electron chi connectivity index (χ0n) is 11.6. The van der Waals surface area contributed by atoms with Crippen LogP contribution in [0.5, 0.6) is 0 Å². The Labute approximate surface area is 118 Å². The summed E-state index contributed by atoms with van der Waals surface area (Å²) in [4.78, 5) is 19.4. The van der Waals surface area contributed by atoms with Gasteiger partial charge in [-0.2, -0.15) is 0 Å². The summed E-state index contributed by atoms with van der Waals surface area (Å²) < 4.78 is 0. The summed E-state index contributed by atoms with van der Waals surface area (Å²) in [6.07, 6.45) is 4.57. The first-order chi connectivity index (χ1) is 9.74. The normalized spacial score (nSPS) is 12.1. The van der Waals surface area contributed by atoms with Gasteiger partial charge >= 0.3 is 0 Å². The highest BCUT2D eigenvalue weighted by atomic mass is 16.1. The van der Waals surface area contributed by atoms with Crippen LogP contribution < -0.4 is 11.1 Å². The molecule has 1 heterocycles. The fraction of sp³-hybridized carbons (Fsp3) is 0.333. The van der Waals surface area contributed by atoms with E-state index in [0.717, 1.165) is 23.4 Å². The molecule has 2 aromatic rings. The van der Waals surface area contributed by atoms with Crippen LogP contribution in [-0.4, -0.2) is 15.9 Å². The quantitative estimate of drug-likeness (QED) is 0.748. The van der Waals surface area contributed by atoms with E-state index in [1.54, 1.807) is 12.4 Å². The van der Waals surface area contributed by atoms with Gasteiger partial charge in [0.1, 0.15) is 5.82 Å². The maximum absolute atomic E-state index is 12.2. The SMILES string of the molecule is CCC(NC(=O)Cc1ccccc1CN)c1ncc[nH]1. The number of nitrogens with zero attached hydrogens (tertiary/aromatic N) is 1. The number of benzene rings is 1. The van der Waals surface area contributed by atoms with E-state index in [0.29, 0.717) is 13.0 Å². The van der Waals surface area contributed by atoms with Crippen molar-refractivity contribution in [1.82, 2.24) is 15.3 Å². The molecule has 0 saturated carbocycles. The fourth-order valence-corrected chi connectivity index (χ4v) is 2.18. The number of amides is 1. The average Bonchev–Trinajstić information content (AvgIpc) is 2.99. The van der Waals surface area contributed by atoms with E-state index in [-0.39, 0.29) is 11.9 Å². The Balaban J connectivity index is 2.01. The Morgan fingerprint density at radius 2 is 2.15 bits per heavy atom. The number of aromatic amines is 1. The molecule has 1 aromatic heterocycles. The molecule has 0 fully saturated rings. The van der Waals surface area contributed by atoms with Crippen molar-refractivity contribution in [2.75, 3.05) is 0 Å². The Morgan fingerprint density at radius 3 is 2.75 bits per heavy atom. The number of imidazole rings is 1. The van der Waals surface area contributed by atoms with Crippen molar-refractivity contribution in [3.8, 4) is 0 Å². The number of carbonyl (C=O) groups is 1. The molecule has 1 aromatic carbocycles. The fourth-order valence-electron chi connectivity index (χ4n) is 2.18. The third-order valence-corrected chi connectivity index (χ3v) is 3.28. The molecule has 0 aliphatic carbocycles. The number of carbonyl (C=O) groups excluding carboxylic acids is 1. The zero-order chi connectivity index (χ0) is 14.4. The van der Waals surface area contributed by atoms with Gasteiger partial charge in [0.2, 0.25) is 5.91 Å². The Bertz CT molecular complexity index is 551. The van der Waals surface area contributed by atoms with Gasteiger partial charge in [-0.3, -0.25) is 4.79 Å². The monoisotopic (exact) mass is 272 g/mol. The van der Waals surface area contributed by atoms with Gasteiger partial charge in [0.15, 0.2) is 0 Å². The minimum absolute atomic E-state index is 0.0193. The minimum Gasteiger partial charge on any atom is -0.347 e. The van der Waals surface area contributed by atoms with Crippen molar-refractivity contribution < 1.29 is 4.79 Å². The summed E-state index contributed by atoms with van der Waals surface area (Å²) in [7, 11) is 0. The van der Waals surface area contributed by atoms with Crippen LogP contribution in [0.4, 0.5) is 0 Å². The van der Waals surface area contributed by atoms with E-state index in [1.165, 1.54) is 0 Å². The molecule has 0 saturated heterocycles. The van der Waals surface area contributed by atoms with Crippen molar-refractivity contribution in [2.45, 2.75) is 32.4 Å². The molecule has 2 rings (SSSR count). The Hall–Kier alpha value is -2.14. The third kappa shape index (κ3) is 3.45. The number of H-pyrrole nitrogens is 1. The van der Waals surface area contributed by atoms with Crippen molar-refractivity contribution in [3.63, 3.8) is 0 Å². The van der Waals surface area contributed by atoms with E-state index in [2.05, 4.69) is 15.3 Å². The second kappa shape index (κ2) is 6.86. The lowest BCUT2D eigenvalue weighted by molar-refractivity contribution is -0.121. The molecule has 1 atom stereocenters. The molecular weight excluding hydrogens is 252 g/mol. The van der Waals surface area contributed by atoms with Gasteiger partial charge in [0, 0.05) is 18.9 Å². The lowest BCUT2D eigenvalue weighted by Crippen LogP contribution is -2.30. The smallest absolute Gasteiger partial charge is 0.225 e.